The summed E-state index contributed by atoms with van der Waals surface area (Å²) in [5, 5.41) is 5.57. The van der Waals surface area contributed by atoms with Gasteiger partial charge < -0.3 is 19.9 Å². The van der Waals surface area contributed by atoms with E-state index in [1.807, 2.05) is 5.92 Å². The molecule has 2 aromatic heterocycles. The van der Waals surface area contributed by atoms with Crippen molar-refractivity contribution in [3.63, 3.8) is 0 Å². The molecule has 2 N–H and O–H groups in total. The van der Waals surface area contributed by atoms with E-state index in [4.69, 9.17) is 11.2 Å². The van der Waals surface area contributed by atoms with Gasteiger partial charge in [-0.2, -0.15) is 0 Å². The molecule has 2 heterocycles. The van der Waals surface area contributed by atoms with E-state index in [1.165, 1.54) is 35.1 Å². The van der Waals surface area contributed by atoms with Crippen LogP contribution in [0, 0.1) is 32.0 Å². The van der Waals surface area contributed by atoms with E-state index < -0.39 is 5.91 Å². The van der Waals surface area contributed by atoms with Gasteiger partial charge in [0.2, 0.25) is 0 Å². The minimum Gasteiger partial charge on any atom is -0.456 e. The Morgan fingerprint density at radius 3 is 2.41 bits per heavy atom. The molecule has 37 heavy (non-hydrogen) atoms. The molecule has 9 heteroatoms. The number of thiophene rings is 1. The van der Waals surface area contributed by atoms with Crippen LogP contribution in [0.5, 0.6) is 11.5 Å². The molecule has 0 fully saturated rings. The molecular formula is C28H26FN3O4S. The molecule has 2 amide bonds. The maximum absolute atomic E-state index is 13.9. The number of carbonyl (C=O) groups is 2. The fourth-order valence-electron chi connectivity index (χ4n) is 3.92. The number of aryl methyl sites for hydroxylation is 3. The summed E-state index contributed by atoms with van der Waals surface area (Å²) >= 11 is 1.17. The number of pyridine rings is 1. The highest BCUT2D eigenvalue weighted by Gasteiger charge is 2.20. The van der Waals surface area contributed by atoms with E-state index in [2.05, 4.69) is 10.6 Å². The van der Waals surface area contributed by atoms with Gasteiger partial charge in [0.25, 0.3) is 17.4 Å². The zero-order valence-corrected chi connectivity index (χ0v) is 20.8. The molecule has 0 atom stereocenters. The number of fused-ring (bicyclic) bond motifs is 1. The van der Waals surface area contributed by atoms with Crippen LogP contribution in [0.2, 0.25) is 0 Å². The molecule has 0 aliphatic carbocycles. The van der Waals surface area contributed by atoms with Gasteiger partial charge in [0.15, 0.2) is 0 Å². The number of halogens is 1. The summed E-state index contributed by atoms with van der Waals surface area (Å²) in [7, 11) is 3.13. The van der Waals surface area contributed by atoms with Crippen molar-refractivity contribution in [2.75, 3.05) is 12.4 Å². The number of anilines is 1. The summed E-state index contributed by atoms with van der Waals surface area (Å²) in [6, 6.07) is 9.28. The topological polar surface area (TPSA) is 89.4 Å². The van der Waals surface area contributed by atoms with E-state index in [0.29, 0.717) is 54.4 Å². The Kier molecular flexibility index (Phi) is 7.84. The molecule has 0 spiro atoms. The minimum atomic E-state index is -0.622. The number of hydrogen-bond donors (Lipinski definition) is 2. The van der Waals surface area contributed by atoms with Crippen LogP contribution in [-0.4, -0.2) is 23.4 Å². The number of carbonyl (C=O) groups excluding carboxylic acids is 2. The van der Waals surface area contributed by atoms with Crippen LogP contribution in [-0.2, 0) is 11.8 Å². The first-order valence-corrected chi connectivity index (χ1v) is 11.7. The number of amides is 2. The summed E-state index contributed by atoms with van der Waals surface area (Å²) in [5.41, 5.74) is 2.51. The van der Waals surface area contributed by atoms with Gasteiger partial charge in [-0.05, 0) is 67.3 Å². The van der Waals surface area contributed by atoms with Crippen LogP contribution >= 0.6 is 11.3 Å². The molecule has 2 aromatic carbocycles. The van der Waals surface area contributed by atoms with Gasteiger partial charge in [0.1, 0.15) is 17.3 Å². The van der Waals surface area contributed by atoms with E-state index in [-0.39, 0.29) is 24.7 Å². The fraction of sp³-hybridized carbons (Fsp3) is 0.179. The van der Waals surface area contributed by atoms with Crippen molar-refractivity contribution in [1.82, 2.24) is 9.88 Å². The molecule has 7 nitrogen and oxygen atoms in total. The van der Waals surface area contributed by atoms with Gasteiger partial charge in [-0.3, -0.25) is 14.4 Å². The first-order chi connectivity index (χ1) is 17.1. The van der Waals surface area contributed by atoms with Crippen molar-refractivity contribution in [3.05, 3.63) is 74.8 Å². The summed E-state index contributed by atoms with van der Waals surface area (Å²) in [6.45, 7) is 3.48. The molecule has 0 aliphatic rings. The lowest BCUT2D eigenvalue weighted by Gasteiger charge is -2.17. The van der Waals surface area contributed by atoms with Crippen molar-refractivity contribution < 1.29 is 18.7 Å². The molecule has 0 bridgehead atoms. The smallest absolute Gasteiger partial charge is 0.300 e. The number of ether oxygens (including phenoxy) is 1. The van der Waals surface area contributed by atoms with Crippen molar-refractivity contribution >= 4 is 38.9 Å². The predicted molar refractivity (Wildman–Crippen MR) is 146 cm³/mol. The van der Waals surface area contributed by atoms with Crippen molar-refractivity contribution in [3.8, 4) is 35.0 Å². The summed E-state index contributed by atoms with van der Waals surface area (Å²) in [4.78, 5) is 37.4. The SMILES string of the molecule is C.C#CC(=O)Nc1ccc(Oc2c(C)cc(F)cc2C)c(-c2cn(C)c(=O)c3cc(C(=O)NC)sc23)c1. The molecule has 190 valence electrons. The Bertz CT molecular complexity index is 1620. The quantitative estimate of drug-likeness (QED) is 0.347. The lowest BCUT2D eigenvalue weighted by Crippen LogP contribution is -2.17. The second-order valence-electron chi connectivity index (χ2n) is 8.17. The third-order valence-electron chi connectivity index (χ3n) is 5.60. The largest absolute Gasteiger partial charge is 0.456 e. The highest BCUT2D eigenvalue weighted by Crippen LogP contribution is 2.42. The second kappa shape index (κ2) is 10.7. The fourth-order valence-corrected chi connectivity index (χ4v) is 5.04. The first-order valence-electron chi connectivity index (χ1n) is 10.8. The lowest BCUT2D eigenvalue weighted by molar-refractivity contribution is -0.111. The Labute approximate surface area is 217 Å². The molecule has 0 aliphatic heterocycles. The Morgan fingerprint density at radius 1 is 1.11 bits per heavy atom. The third-order valence-corrected chi connectivity index (χ3v) is 6.76. The van der Waals surface area contributed by atoms with Gasteiger partial charge in [0.05, 0.1) is 15.0 Å². The van der Waals surface area contributed by atoms with Crippen LogP contribution in [0.4, 0.5) is 10.1 Å². The Hall–Kier alpha value is -4.42. The van der Waals surface area contributed by atoms with Crippen LogP contribution < -0.4 is 20.9 Å². The molecule has 4 rings (SSSR count). The van der Waals surface area contributed by atoms with E-state index in [1.54, 1.807) is 51.4 Å². The number of nitrogens with zero attached hydrogens (tertiary/aromatic N) is 1. The van der Waals surface area contributed by atoms with Gasteiger partial charge >= 0.3 is 0 Å². The minimum absolute atomic E-state index is 0. The number of rotatable bonds is 5. The molecular weight excluding hydrogens is 493 g/mol. The number of aromatic nitrogens is 1. The van der Waals surface area contributed by atoms with Crippen LogP contribution in [0.3, 0.4) is 0 Å². The molecule has 0 saturated heterocycles. The van der Waals surface area contributed by atoms with Gasteiger partial charge in [-0.1, -0.05) is 7.43 Å². The number of terminal acetylenes is 1. The van der Waals surface area contributed by atoms with Gasteiger partial charge in [-0.25, -0.2) is 4.39 Å². The second-order valence-corrected chi connectivity index (χ2v) is 9.22. The van der Waals surface area contributed by atoms with Crippen molar-refractivity contribution in [2.45, 2.75) is 21.3 Å². The zero-order chi connectivity index (χ0) is 26.1. The Balaban J connectivity index is 0.00000380. The van der Waals surface area contributed by atoms with Crippen LogP contribution in [0.1, 0.15) is 28.2 Å². The average Bonchev–Trinajstić information content (AvgIpc) is 3.29. The zero-order valence-electron chi connectivity index (χ0n) is 20.0. The summed E-state index contributed by atoms with van der Waals surface area (Å²) in [5.74, 6) is 1.59. The highest BCUT2D eigenvalue weighted by atomic mass is 32.1. The normalized spacial score (nSPS) is 10.4. The van der Waals surface area contributed by atoms with Crippen LogP contribution in [0.15, 0.2) is 47.4 Å². The summed E-state index contributed by atoms with van der Waals surface area (Å²) < 4.78 is 22.2. The van der Waals surface area contributed by atoms with Crippen molar-refractivity contribution in [2.24, 2.45) is 7.05 Å². The lowest BCUT2D eigenvalue weighted by atomic mass is 10.0. The predicted octanol–water partition coefficient (Wildman–Crippen LogP) is 5.38. The van der Waals surface area contributed by atoms with Gasteiger partial charge in [-0.15, -0.1) is 17.8 Å². The first kappa shape index (κ1) is 27.2. The van der Waals surface area contributed by atoms with E-state index in [0.717, 1.165) is 0 Å². The monoisotopic (exact) mass is 519 g/mol. The Morgan fingerprint density at radius 2 is 1.78 bits per heavy atom. The maximum atomic E-state index is 13.9. The summed E-state index contributed by atoms with van der Waals surface area (Å²) in [6.07, 6.45) is 6.86. The third kappa shape index (κ3) is 5.25. The number of nitrogens with one attached hydrogen (secondary N) is 2. The molecule has 0 saturated carbocycles. The average molecular weight is 520 g/mol. The molecule has 0 radical (unpaired) electrons. The van der Waals surface area contributed by atoms with Crippen LogP contribution in [0.25, 0.3) is 21.2 Å². The van der Waals surface area contributed by atoms with E-state index >= 15 is 0 Å². The van der Waals surface area contributed by atoms with Crippen molar-refractivity contribution in [1.29, 1.82) is 0 Å². The highest BCUT2D eigenvalue weighted by molar-refractivity contribution is 7.21. The number of hydrogen-bond acceptors (Lipinski definition) is 5. The molecule has 0 unspecified atom stereocenters. The maximum Gasteiger partial charge on any atom is 0.300 e. The van der Waals surface area contributed by atoms with E-state index in [9.17, 15) is 18.8 Å². The molecule has 4 aromatic rings. The standard InChI is InChI=1S/C27H22FN3O4S.CH4/c1-6-23(32)30-17-7-8-21(35-24-14(2)9-16(28)10-15(24)3)18(11-17)20-13-31(5)27(34)19-12-22(26(33)29-4)36-25(19)20;/h1,7-13H,2-5H3,(H,29,33)(H,30,32);1H4. The van der Waals surface area contributed by atoms with Gasteiger partial charge in [0, 0.05) is 37.1 Å². The number of benzene rings is 2.